The molecule has 0 saturated heterocycles. The van der Waals surface area contributed by atoms with E-state index in [0.29, 0.717) is 16.1 Å². The summed E-state index contributed by atoms with van der Waals surface area (Å²) in [4.78, 5) is 0. The van der Waals surface area contributed by atoms with Crippen molar-refractivity contribution < 1.29 is 9.13 Å². The van der Waals surface area contributed by atoms with E-state index in [1.165, 1.54) is 44.6 Å². The van der Waals surface area contributed by atoms with Crippen molar-refractivity contribution >= 4 is 24.0 Å². The van der Waals surface area contributed by atoms with Gasteiger partial charge in [-0.15, -0.1) is 12.4 Å². The van der Waals surface area contributed by atoms with E-state index < -0.39 is 0 Å². The number of benzene rings is 2. The highest BCUT2D eigenvalue weighted by Crippen LogP contribution is 2.55. The van der Waals surface area contributed by atoms with Gasteiger partial charge in [-0.2, -0.15) is 0 Å². The van der Waals surface area contributed by atoms with Gasteiger partial charge in [-0.1, -0.05) is 29.8 Å². The van der Waals surface area contributed by atoms with Crippen LogP contribution in [0.3, 0.4) is 0 Å². The molecule has 4 fully saturated rings. The van der Waals surface area contributed by atoms with Crippen molar-refractivity contribution in [2.75, 3.05) is 0 Å². The van der Waals surface area contributed by atoms with Crippen LogP contribution in [0.25, 0.3) is 0 Å². The maximum absolute atomic E-state index is 13.9. The van der Waals surface area contributed by atoms with Crippen LogP contribution < -0.4 is 10.1 Å². The molecule has 29 heavy (non-hydrogen) atoms. The minimum absolute atomic E-state index is 0. The van der Waals surface area contributed by atoms with Crippen LogP contribution >= 0.6 is 24.0 Å². The summed E-state index contributed by atoms with van der Waals surface area (Å²) in [5.41, 5.74) is 1.91. The first kappa shape index (κ1) is 21.0. The fourth-order valence-corrected chi connectivity index (χ4v) is 6.40. The molecule has 0 unspecified atom stereocenters. The topological polar surface area (TPSA) is 21.3 Å². The highest BCUT2D eigenvalue weighted by molar-refractivity contribution is 6.30. The summed E-state index contributed by atoms with van der Waals surface area (Å²) in [6.45, 7) is 0.970. The molecule has 2 nitrogen and oxygen atoms in total. The lowest BCUT2D eigenvalue weighted by molar-refractivity contribution is -0.0206. The second-order valence-corrected chi connectivity index (χ2v) is 9.62. The lowest BCUT2D eigenvalue weighted by Crippen LogP contribution is -2.58. The average molecular weight is 436 g/mol. The minimum Gasteiger partial charge on any atom is -0.488 e. The minimum atomic E-state index is -0.232. The van der Waals surface area contributed by atoms with Crippen molar-refractivity contribution in [3.63, 3.8) is 0 Å². The van der Waals surface area contributed by atoms with Gasteiger partial charge in [-0.05, 0) is 80.5 Å². The Morgan fingerprint density at radius 3 is 2.28 bits per heavy atom. The summed E-state index contributed by atoms with van der Waals surface area (Å²) in [7, 11) is 0. The Labute approximate surface area is 183 Å². The number of hydrogen-bond acceptors (Lipinski definition) is 2. The van der Waals surface area contributed by atoms with Gasteiger partial charge in [0.15, 0.2) is 0 Å². The molecular formula is C24H28Cl2FNO. The molecule has 0 heterocycles. The smallest absolute Gasteiger partial charge is 0.129 e. The molecule has 0 amide bonds. The Morgan fingerprint density at radius 1 is 0.966 bits per heavy atom. The highest BCUT2D eigenvalue weighted by atomic mass is 35.5. The van der Waals surface area contributed by atoms with Crippen LogP contribution in [0.1, 0.15) is 49.7 Å². The van der Waals surface area contributed by atoms with Crippen LogP contribution in [0, 0.1) is 23.6 Å². The third kappa shape index (κ3) is 4.42. The molecule has 0 radical (unpaired) electrons. The number of halogens is 3. The van der Waals surface area contributed by atoms with Crippen molar-refractivity contribution in [2.24, 2.45) is 17.8 Å². The van der Waals surface area contributed by atoms with Gasteiger partial charge >= 0.3 is 0 Å². The maximum atomic E-state index is 13.9. The van der Waals surface area contributed by atoms with E-state index in [1.807, 2.05) is 24.3 Å². The monoisotopic (exact) mass is 435 g/mol. The van der Waals surface area contributed by atoms with Crippen LogP contribution in [0.2, 0.25) is 5.02 Å². The summed E-state index contributed by atoms with van der Waals surface area (Å²) in [5, 5.41) is 4.62. The van der Waals surface area contributed by atoms with Gasteiger partial charge in [-0.3, -0.25) is 0 Å². The van der Waals surface area contributed by atoms with Gasteiger partial charge < -0.3 is 10.1 Å². The number of hydrogen-bond donors (Lipinski definition) is 1. The van der Waals surface area contributed by atoms with Crippen LogP contribution in [0.15, 0.2) is 42.5 Å². The third-order valence-electron chi connectivity index (χ3n) is 7.06. The van der Waals surface area contributed by atoms with E-state index >= 15 is 0 Å². The Morgan fingerprint density at radius 2 is 1.62 bits per heavy atom. The molecule has 0 aromatic heterocycles. The van der Waals surface area contributed by atoms with E-state index in [2.05, 4.69) is 5.32 Å². The quantitative estimate of drug-likeness (QED) is 0.555. The molecule has 1 N–H and O–H groups in total. The molecule has 0 atom stereocenters. The average Bonchev–Trinajstić information content (AvgIpc) is 2.66. The number of rotatable bonds is 6. The van der Waals surface area contributed by atoms with Gasteiger partial charge in [0.05, 0.1) is 0 Å². The van der Waals surface area contributed by atoms with Gasteiger partial charge in [0.1, 0.15) is 18.2 Å². The summed E-state index contributed by atoms with van der Waals surface area (Å²) < 4.78 is 19.9. The molecule has 4 aliphatic carbocycles. The predicted octanol–water partition coefficient (Wildman–Crippen LogP) is 6.54. The van der Waals surface area contributed by atoms with E-state index in [-0.39, 0.29) is 24.8 Å². The van der Waals surface area contributed by atoms with Crippen molar-refractivity contribution in [3.8, 4) is 5.75 Å². The first-order chi connectivity index (χ1) is 13.6. The summed E-state index contributed by atoms with van der Waals surface area (Å²) in [6, 6.07) is 12.5. The molecule has 2 aromatic rings. The lowest BCUT2D eigenvalue weighted by Gasteiger charge is -2.57. The van der Waals surface area contributed by atoms with Crippen LogP contribution in [-0.2, 0) is 13.2 Å². The van der Waals surface area contributed by atoms with Gasteiger partial charge in [0, 0.05) is 28.2 Å². The molecule has 5 heteroatoms. The largest absolute Gasteiger partial charge is 0.488 e. The molecule has 156 valence electrons. The Bertz CT molecular complexity index is 836. The summed E-state index contributed by atoms with van der Waals surface area (Å²) >= 11 is 6.27. The first-order valence-corrected chi connectivity index (χ1v) is 10.9. The van der Waals surface area contributed by atoms with Gasteiger partial charge in [0.25, 0.3) is 0 Å². The van der Waals surface area contributed by atoms with E-state index in [4.69, 9.17) is 16.3 Å². The zero-order valence-corrected chi connectivity index (χ0v) is 18.1. The van der Waals surface area contributed by atoms with Gasteiger partial charge in [-0.25, -0.2) is 4.39 Å². The third-order valence-corrected chi connectivity index (χ3v) is 7.29. The van der Waals surface area contributed by atoms with Crippen LogP contribution in [0.4, 0.5) is 4.39 Å². The van der Waals surface area contributed by atoms with Crippen LogP contribution in [0.5, 0.6) is 5.75 Å². The Hall–Kier alpha value is -1.29. The normalized spacial score (nSPS) is 29.5. The maximum Gasteiger partial charge on any atom is 0.129 e. The van der Waals surface area contributed by atoms with Crippen molar-refractivity contribution in [1.29, 1.82) is 0 Å². The molecule has 2 aromatic carbocycles. The van der Waals surface area contributed by atoms with Crippen LogP contribution in [-0.4, -0.2) is 5.54 Å². The first-order valence-electron chi connectivity index (χ1n) is 10.5. The zero-order chi connectivity index (χ0) is 19.1. The van der Waals surface area contributed by atoms with E-state index in [0.717, 1.165) is 35.6 Å². The van der Waals surface area contributed by atoms with Crippen molar-refractivity contribution in [3.05, 3.63) is 64.4 Å². The molecule has 0 aliphatic heterocycles. The fraction of sp³-hybridized carbons (Fsp3) is 0.500. The number of nitrogens with one attached hydrogen (secondary N) is 1. The summed E-state index contributed by atoms with van der Waals surface area (Å²) in [5.74, 6) is 3.29. The SMILES string of the molecule is Cl.Fc1ccccc1COc1ccc(Cl)cc1CNC12CC3CC(CC(C3)C1)C2. The van der Waals surface area contributed by atoms with Crippen molar-refractivity contribution in [1.82, 2.24) is 5.32 Å². The molecular weight excluding hydrogens is 408 g/mol. The Kier molecular flexibility index (Phi) is 6.11. The standard InChI is InChI=1S/C24H27ClFNO.ClH/c25-21-5-6-23(28-15-19-3-1-2-4-22(19)26)20(10-21)14-27-24-11-16-7-17(12-24)9-18(8-16)13-24;/h1-6,10,16-18,27H,7-9,11-15H2;1H. The summed E-state index contributed by atoms with van der Waals surface area (Å²) in [6.07, 6.45) is 8.25. The molecule has 4 saturated carbocycles. The van der Waals surface area contributed by atoms with Crippen molar-refractivity contribution in [2.45, 2.75) is 57.2 Å². The predicted molar refractivity (Wildman–Crippen MR) is 117 cm³/mol. The number of ether oxygens (including phenoxy) is 1. The lowest BCUT2D eigenvalue weighted by atomic mass is 9.53. The fourth-order valence-electron chi connectivity index (χ4n) is 6.21. The second-order valence-electron chi connectivity index (χ2n) is 9.18. The molecule has 4 aliphatic rings. The van der Waals surface area contributed by atoms with E-state index in [9.17, 15) is 4.39 Å². The highest BCUT2D eigenvalue weighted by Gasteiger charge is 2.50. The second kappa shape index (κ2) is 8.45. The molecule has 0 spiro atoms. The van der Waals surface area contributed by atoms with E-state index in [1.54, 1.807) is 12.1 Å². The zero-order valence-electron chi connectivity index (χ0n) is 16.5. The molecule has 6 rings (SSSR count). The van der Waals surface area contributed by atoms with Gasteiger partial charge in [0.2, 0.25) is 0 Å². The molecule has 4 bridgehead atoms. The Balaban J connectivity index is 0.00000205.